The third-order valence-corrected chi connectivity index (χ3v) is 6.08. The number of carbonyl (C=O) groups is 1. The van der Waals surface area contributed by atoms with Crippen LogP contribution in [0.1, 0.15) is 81.5 Å². The predicted molar refractivity (Wildman–Crippen MR) is 116 cm³/mol. The van der Waals surface area contributed by atoms with Crippen molar-refractivity contribution < 1.29 is 13.9 Å². The Labute approximate surface area is 174 Å². The molecule has 0 spiro atoms. The number of carbonyl (C=O) groups excluding carboxylic acids is 1. The Kier molecular flexibility index (Phi) is 8.27. The molecular formula is C26H33FO2. The Hall–Kier alpha value is -2.16. The average Bonchev–Trinajstić information content (AvgIpc) is 2.75. The molecule has 0 aromatic heterocycles. The van der Waals surface area contributed by atoms with Gasteiger partial charge in [0.2, 0.25) is 0 Å². The second kappa shape index (κ2) is 11.1. The van der Waals surface area contributed by atoms with Crippen LogP contribution < -0.4 is 0 Å². The van der Waals surface area contributed by atoms with Crippen LogP contribution in [0.5, 0.6) is 0 Å². The molecule has 3 heteroatoms. The lowest BCUT2D eigenvalue weighted by atomic mass is 9.84. The van der Waals surface area contributed by atoms with Crippen LogP contribution >= 0.6 is 0 Å². The second-order valence-corrected chi connectivity index (χ2v) is 8.34. The van der Waals surface area contributed by atoms with E-state index < -0.39 is 0 Å². The monoisotopic (exact) mass is 396 g/mol. The molecule has 1 fully saturated rings. The van der Waals surface area contributed by atoms with E-state index in [0.29, 0.717) is 5.56 Å². The summed E-state index contributed by atoms with van der Waals surface area (Å²) >= 11 is 0. The van der Waals surface area contributed by atoms with Gasteiger partial charge in [-0.3, -0.25) is 0 Å². The molecule has 2 aromatic carbocycles. The quantitative estimate of drug-likeness (QED) is 0.323. The van der Waals surface area contributed by atoms with Crippen molar-refractivity contribution in [1.29, 1.82) is 0 Å². The van der Waals surface area contributed by atoms with Crippen molar-refractivity contribution in [1.82, 2.24) is 0 Å². The molecule has 0 N–H and O–H groups in total. The zero-order chi connectivity index (χ0) is 20.5. The van der Waals surface area contributed by atoms with E-state index in [1.165, 1.54) is 63.5 Å². The molecule has 3 rings (SSSR count). The van der Waals surface area contributed by atoms with Crippen molar-refractivity contribution in [2.75, 3.05) is 0 Å². The standard InChI is InChI=1S/C26H33FO2/c1-2-3-4-5-6-7-20-8-18-25(19-9-20)29-26(28)23-12-10-21(11-13-23)22-14-16-24(27)17-15-22/h10-17,20,25H,2-9,18-19H2,1H3/t20-,25-. The summed E-state index contributed by atoms with van der Waals surface area (Å²) in [6, 6.07) is 13.7. The van der Waals surface area contributed by atoms with Crippen LogP contribution in [0.2, 0.25) is 0 Å². The number of halogens is 1. The minimum atomic E-state index is -0.250. The van der Waals surface area contributed by atoms with Gasteiger partial charge in [0.25, 0.3) is 0 Å². The van der Waals surface area contributed by atoms with Gasteiger partial charge in [0, 0.05) is 0 Å². The van der Waals surface area contributed by atoms with Crippen LogP contribution in [0.15, 0.2) is 48.5 Å². The zero-order valence-corrected chi connectivity index (χ0v) is 17.5. The van der Waals surface area contributed by atoms with Crippen molar-refractivity contribution in [2.45, 2.75) is 77.2 Å². The van der Waals surface area contributed by atoms with Crippen LogP contribution in [0.4, 0.5) is 4.39 Å². The summed E-state index contributed by atoms with van der Waals surface area (Å²) in [5.41, 5.74) is 2.47. The van der Waals surface area contributed by atoms with Crippen molar-refractivity contribution in [2.24, 2.45) is 5.92 Å². The highest BCUT2D eigenvalue weighted by atomic mass is 19.1. The first-order valence-electron chi connectivity index (χ1n) is 11.2. The zero-order valence-electron chi connectivity index (χ0n) is 17.5. The molecule has 0 atom stereocenters. The molecule has 29 heavy (non-hydrogen) atoms. The van der Waals surface area contributed by atoms with Gasteiger partial charge in [-0.25, -0.2) is 9.18 Å². The van der Waals surface area contributed by atoms with Crippen LogP contribution in [0.25, 0.3) is 11.1 Å². The SMILES string of the molecule is CCCCCCC[C@H]1CC[C@H](OC(=O)c2ccc(-c3ccc(F)cc3)cc2)CC1. The summed E-state index contributed by atoms with van der Waals surface area (Å²) < 4.78 is 18.8. The molecule has 0 unspecified atom stereocenters. The molecule has 0 saturated heterocycles. The van der Waals surface area contributed by atoms with Gasteiger partial charge in [0.1, 0.15) is 11.9 Å². The number of hydrogen-bond acceptors (Lipinski definition) is 2. The van der Waals surface area contributed by atoms with Gasteiger partial charge < -0.3 is 4.74 Å². The fraction of sp³-hybridized carbons (Fsp3) is 0.500. The van der Waals surface area contributed by atoms with Crippen LogP contribution in [-0.4, -0.2) is 12.1 Å². The molecule has 0 bridgehead atoms. The minimum absolute atomic E-state index is 0.0515. The first-order valence-corrected chi connectivity index (χ1v) is 11.2. The Morgan fingerprint density at radius 1 is 0.862 bits per heavy atom. The summed E-state index contributed by atoms with van der Waals surface area (Å²) in [7, 11) is 0. The summed E-state index contributed by atoms with van der Waals surface area (Å²) in [4.78, 5) is 12.5. The lowest BCUT2D eigenvalue weighted by Gasteiger charge is -2.28. The second-order valence-electron chi connectivity index (χ2n) is 8.34. The smallest absolute Gasteiger partial charge is 0.338 e. The van der Waals surface area contributed by atoms with Gasteiger partial charge in [0.05, 0.1) is 5.56 Å². The van der Waals surface area contributed by atoms with E-state index in [4.69, 9.17) is 4.74 Å². The average molecular weight is 397 g/mol. The van der Waals surface area contributed by atoms with E-state index in [2.05, 4.69) is 6.92 Å². The van der Waals surface area contributed by atoms with E-state index >= 15 is 0 Å². The maximum Gasteiger partial charge on any atom is 0.338 e. The lowest BCUT2D eigenvalue weighted by Crippen LogP contribution is -2.24. The molecule has 2 nitrogen and oxygen atoms in total. The third-order valence-electron chi connectivity index (χ3n) is 6.08. The molecule has 0 aliphatic heterocycles. The number of hydrogen-bond donors (Lipinski definition) is 0. The molecular weight excluding hydrogens is 363 g/mol. The van der Waals surface area contributed by atoms with Gasteiger partial charge in [0.15, 0.2) is 0 Å². The maximum absolute atomic E-state index is 13.1. The fourth-order valence-corrected chi connectivity index (χ4v) is 4.24. The Morgan fingerprint density at radius 2 is 1.45 bits per heavy atom. The number of ether oxygens (including phenoxy) is 1. The first-order chi connectivity index (χ1) is 14.2. The van der Waals surface area contributed by atoms with Gasteiger partial charge in [-0.05, 0) is 67.0 Å². The lowest BCUT2D eigenvalue weighted by molar-refractivity contribution is 0.0161. The third kappa shape index (κ3) is 6.69. The van der Waals surface area contributed by atoms with Gasteiger partial charge in [-0.2, -0.15) is 0 Å². The molecule has 1 aliphatic rings. The first kappa shape index (κ1) is 21.5. The largest absolute Gasteiger partial charge is 0.459 e. The minimum Gasteiger partial charge on any atom is -0.459 e. The van der Waals surface area contributed by atoms with E-state index in [-0.39, 0.29) is 17.9 Å². The van der Waals surface area contributed by atoms with Crippen molar-refractivity contribution >= 4 is 5.97 Å². The number of benzene rings is 2. The van der Waals surface area contributed by atoms with Gasteiger partial charge >= 0.3 is 5.97 Å². The Morgan fingerprint density at radius 3 is 2.07 bits per heavy atom. The molecule has 1 saturated carbocycles. The van der Waals surface area contributed by atoms with Crippen molar-refractivity contribution in [3.63, 3.8) is 0 Å². The normalized spacial score (nSPS) is 19.1. The van der Waals surface area contributed by atoms with Gasteiger partial charge in [-0.1, -0.05) is 69.7 Å². The molecule has 2 aromatic rings. The summed E-state index contributed by atoms with van der Waals surface area (Å²) in [6.07, 6.45) is 12.4. The van der Waals surface area contributed by atoms with E-state index in [1.54, 1.807) is 24.3 Å². The molecule has 0 radical (unpaired) electrons. The summed E-state index contributed by atoms with van der Waals surface area (Å²) in [5, 5.41) is 0. The number of unbranched alkanes of at least 4 members (excludes halogenated alkanes) is 4. The van der Waals surface area contributed by atoms with E-state index in [0.717, 1.165) is 29.9 Å². The van der Waals surface area contributed by atoms with Crippen molar-refractivity contribution in [3.8, 4) is 11.1 Å². The number of rotatable bonds is 9. The predicted octanol–water partition coefficient (Wildman–Crippen LogP) is 7.57. The highest BCUT2D eigenvalue weighted by Gasteiger charge is 2.24. The molecule has 1 aliphatic carbocycles. The molecule has 0 amide bonds. The molecule has 156 valence electrons. The summed E-state index contributed by atoms with van der Waals surface area (Å²) in [5.74, 6) is 0.320. The van der Waals surface area contributed by atoms with E-state index in [9.17, 15) is 9.18 Å². The molecule has 0 heterocycles. The summed E-state index contributed by atoms with van der Waals surface area (Å²) in [6.45, 7) is 2.25. The van der Waals surface area contributed by atoms with Gasteiger partial charge in [-0.15, -0.1) is 0 Å². The highest BCUT2D eigenvalue weighted by molar-refractivity contribution is 5.90. The Balaban J connectivity index is 1.42. The highest BCUT2D eigenvalue weighted by Crippen LogP contribution is 2.30. The van der Waals surface area contributed by atoms with E-state index in [1.807, 2.05) is 12.1 Å². The van der Waals surface area contributed by atoms with Crippen molar-refractivity contribution in [3.05, 3.63) is 59.9 Å². The van der Waals surface area contributed by atoms with Crippen LogP contribution in [0, 0.1) is 11.7 Å². The maximum atomic E-state index is 13.1. The van der Waals surface area contributed by atoms with Crippen LogP contribution in [-0.2, 0) is 4.74 Å². The Bertz CT molecular complexity index is 743. The number of esters is 1. The fourth-order valence-electron chi connectivity index (χ4n) is 4.24. The van der Waals surface area contributed by atoms with Crippen LogP contribution in [0.3, 0.4) is 0 Å². The topological polar surface area (TPSA) is 26.3 Å².